The van der Waals surface area contributed by atoms with Crippen LogP contribution >= 0.6 is 0 Å². The van der Waals surface area contributed by atoms with Crippen molar-refractivity contribution in [2.45, 2.75) is 44.1 Å². The molecule has 0 spiro atoms. The van der Waals surface area contributed by atoms with Crippen LogP contribution in [-0.4, -0.2) is 22.4 Å². The highest BCUT2D eigenvalue weighted by atomic mass is 16.3. The average Bonchev–Trinajstić information content (AvgIpc) is 2.41. The Kier molecular flexibility index (Phi) is 4.21. The molecule has 0 aromatic carbocycles. The van der Waals surface area contributed by atoms with Crippen molar-refractivity contribution in [3.63, 3.8) is 0 Å². The molecule has 3 heteroatoms. The zero-order valence-corrected chi connectivity index (χ0v) is 10.7. The van der Waals surface area contributed by atoms with Crippen molar-refractivity contribution in [1.29, 1.82) is 5.26 Å². The van der Waals surface area contributed by atoms with Crippen LogP contribution in [0.1, 0.15) is 38.5 Å². The topological polar surface area (TPSA) is 64.2 Å². The van der Waals surface area contributed by atoms with Crippen molar-refractivity contribution in [2.75, 3.05) is 6.61 Å². The molecule has 0 heterocycles. The molecule has 2 rings (SSSR count). The Labute approximate surface area is 108 Å². The number of allylic oxidation sites excluding steroid dienone is 2. The monoisotopic (exact) mass is 247 g/mol. The first-order valence-corrected chi connectivity index (χ1v) is 6.80. The molecule has 0 bridgehead atoms. The second-order valence-corrected chi connectivity index (χ2v) is 5.47. The minimum atomic E-state index is -0.813. The molecule has 18 heavy (non-hydrogen) atoms. The maximum atomic E-state index is 10.7. The van der Waals surface area contributed by atoms with Gasteiger partial charge in [-0.05, 0) is 30.8 Å². The SMILES string of the molecule is N#CC(C1C=CC(CO)=CC1)C1(O)CCCCC1. The van der Waals surface area contributed by atoms with Gasteiger partial charge in [-0.2, -0.15) is 5.26 Å². The molecule has 0 aromatic rings. The Morgan fingerprint density at radius 2 is 2.11 bits per heavy atom. The summed E-state index contributed by atoms with van der Waals surface area (Å²) < 4.78 is 0. The van der Waals surface area contributed by atoms with E-state index in [4.69, 9.17) is 5.11 Å². The molecule has 3 nitrogen and oxygen atoms in total. The molecule has 2 unspecified atom stereocenters. The molecule has 2 aliphatic rings. The lowest BCUT2D eigenvalue weighted by Gasteiger charge is -2.39. The van der Waals surface area contributed by atoms with Crippen LogP contribution in [0.5, 0.6) is 0 Å². The van der Waals surface area contributed by atoms with Crippen molar-refractivity contribution in [1.82, 2.24) is 0 Å². The van der Waals surface area contributed by atoms with E-state index in [1.54, 1.807) is 0 Å². The van der Waals surface area contributed by atoms with Crippen LogP contribution in [0.2, 0.25) is 0 Å². The van der Waals surface area contributed by atoms with Crippen molar-refractivity contribution in [3.05, 3.63) is 23.8 Å². The molecule has 1 fully saturated rings. The van der Waals surface area contributed by atoms with E-state index < -0.39 is 5.60 Å². The van der Waals surface area contributed by atoms with Gasteiger partial charge in [-0.25, -0.2) is 0 Å². The highest BCUT2D eigenvalue weighted by Gasteiger charge is 2.41. The van der Waals surface area contributed by atoms with Gasteiger partial charge in [0, 0.05) is 0 Å². The van der Waals surface area contributed by atoms with Crippen LogP contribution in [0.15, 0.2) is 23.8 Å². The van der Waals surface area contributed by atoms with Crippen LogP contribution in [0.4, 0.5) is 0 Å². The number of hydrogen-bond acceptors (Lipinski definition) is 3. The van der Waals surface area contributed by atoms with Gasteiger partial charge in [0.1, 0.15) is 0 Å². The molecule has 0 amide bonds. The molecule has 2 N–H and O–H groups in total. The Balaban J connectivity index is 2.09. The predicted octanol–water partition coefficient (Wildman–Crippen LogP) is 2.32. The van der Waals surface area contributed by atoms with E-state index >= 15 is 0 Å². The largest absolute Gasteiger partial charge is 0.392 e. The Morgan fingerprint density at radius 3 is 2.61 bits per heavy atom. The van der Waals surface area contributed by atoms with E-state index in [2.05, 4.69) is 6.07 Å². The Bertz CT molecular complexity index is 386. The van der Waals surface area contributed by atoms with E-state index in [1.165, 1.54) is 0 Å². The van der Waals surface area contributed by atoms with Crippen molar-refractivity contribution in [3.8, 4) is 6.07 Å². The van der Waals surface area contributed by atoms with Crippen molar-refractivity contribution in [2.24, 2.45) is 11.8 Å². The van der Waals surface area contributed by atoms with Gasteiger partial charge in [-0.3, -0.25) is 0 Å². The summed E-state index contributed by atoms with van der Waals surface area (Å²) in [4.78, 5) is 0. The molecular formula is C15H21NO2. The maximum Gasteiger partial charge on any atom is 0.0816 e. The van der Waals surface area contributed by atoms with Crippen LogP contribution in [-0.2, 0) is 0 Å². The van der Waals surface area contributed by atoms with Gasteiger partial charge in [0.15, 0.2) is 0 Å². The standard InChI is InChI=1S/C15H21NO2/c16-10-14(15(18)8-2-1-3-9-15)13-6-4-12(11-17)5-7-13/h4-6,13-14,17-18H,1-3,7-9,11H2. The summed E-state index contributed by atoms with van der Waals surface area (Å²) >= 11 is 0. The van der Waals surface area contributed by atoms with Gasteiger partial charge < -0.3 is 10.2 Å². The van der Waals surface area contributed by atoms with Crippen LogP contribution < -0.4 is 0 Å². The third-order valence-electron chi connectivity index (χ3n) is 4.26. The number of rotatable bonds is 3. The number of hydrogen-bond donors (Lipinski definition) is 2. The van der Waals surface area contributed by atoms with Crippen LogP contribution in [0.3, 0.4) is 0 Å². The summed E-state index contributed by atoms with van der Waals surface area (Å²) in [5.74, 6) is -0.251. The third kappa shape index (κ3) is 2.66. The lowest BCUT2D eigenvalue weighted by Crippen LogP contribution is -2.42. The van der Waals surface area contributed by atoms with Crippen LogP contribution in [0, 0.1) is 23.2 Å². The third-order valence-corrected chi connectivity index (χ3v) is 4.26. The van der Waals surface area contributed by atoms with Crippen molar-refractivity contribution >= 4 is 0 Å². The Morgan fingerprint density at radius 1 is 1.39 bits per heavy atom. The summed E-state index contributed by atoms with van der Waals surface area (Å²) in [5.41, 5.74) is 0.0885. The maximum absolute atomic E-state index is 10.7. The second-order valence-electron chi connectivity index (χ2n) is 5.47. The highest BCUT2D eigenvalue weighted by molar-refractivity contribution is 5.26. The fraction of sp³-hybridized carbons (Fsp3) is 0.667. The molecule has 0 radical (unpaired) electrons. The molecule has 2 aliphatic carbocycles. The summed E-state index contributed by atoms with van der Waals surface area (Å²) in [7, 11) is 0. The number of nitrogens with zero attached hydrogens (tertiary/aromatic N) is 1. The lowest BCUT2D eigenvalue weighted by molar-refractivity contribution is -0.0426. The quantitative estimate of drug-likeness (QED) is 0.804. The normalized spacial score (nSPS) is 28.3. The van der Waals surface area contributed by atoms with E-state index in [-0.39, 0.29) is 18.4 Å². The highest BCUT2D eigenvalue weighted by Crippen LogP contribution is 2.40. The van der Waals surface area contributed by atoms with E-state index in [9.17, 15) is 10.4 Å². The van der Waals surface area contributed by atoms with Gasteiger partial charge in [-0.1, -0.05) is 37.5 Å². The van der Waals surface area contributed by atoms with Crippen molar-refractivity contribution < 1.29 is 10.2 Å². The minimum Gasteiger partial charge on any atom is -0.392 e. The molecule has 98 valence electrons. The zero-order chi connectivity index (χ0) is 13.0. The summed E-state index contributed by atoms with van der Waals surface area (Å²) in [6.45, 7) is 0.0463. The van der Waals surface area contributed by atoms with E-state index in [1.807, 2.05) is 18.2 Å². The fourth-order valence-electron chi connectivity index (χ4n) is 3.14. The fourth-order valence-corrected chi connectivity index (χ4v) is 3.14. The molecular weight excluding hydrogens is 226 g/mol. The molecule has 2 atom stereocenters. The van der Waals surface area contributed by atoms with Gasteiger partial charge in [0.05, 0.1) is 24.2 Å². The minimum absolute atomic E-state index is 0.0463. The van der Waals surface area contributed by atoms with Crippen LogP contribution in [0.25, 0.3) is 0 Å². The first-order valence-electron chi connectivity index (χ1n) is 6.80. The lowest BCUT2D eigenvalue weighted by atomic mass is 9.69. The van der Waals surface area contributed by atoms with E-state index in [0.717, 1.165) is 44.1 Å². The number of nitriles is 1. The predicted molar refractivity (Wildman–Crippen MR) is 69.6 cm³/mol. The molecule has 1 saturated carbocycles. The molecule has 0 saturated heterocycles. The summed E-state index contributed by atoms with van der Waals surface area (Å²) in [6, 6.07) is 2.32. The first-order chi connectivity index (χ1) is 8.69. The zero-order valence-electron chi connectivity index (χ0n) is 10.7. The molecule has 0 aromatic heterocycles. The second kappa shape index (κ2) is 5.69. The van der Waals surface area contributed by atoms with Gasteiger partial charge in [0.2, 0.25) is 0 Å². The molecule has 0 aliphatic heterocycles. The first kappa shape index (κ1) is 13.3. The summed E-state index contributed by atoms with van der Waals surface area (Å²) in [5, 5.41) is 29.1. The summed E-state index contributed by atoms with van der Waals surface area (Å²) in [6.07, 6.45) is 11.3. The number of aliphatic hydroxyl groups excluding tert-OH is 1. The smallest absolute Gasteiger partial charge is 0.0816 e. The Hall–Kier alpha value is -1.11. The van der Waals surface area contributed by atoms with Gasteiger partial charge in [0.25, 0.3) is 0 Å². The van der Waals surface area contributed by atoms with Gasteiger partial charge >= 0.3 is 0 Å². The average molecular weight is 247 g/mol. The number of aliphatic hydroxyl groups is 2. The van der Waals surface area contributed by atoms with E-state index in [0.29, 0.717) is 0 Å². The van der Waals surface area contributed by atoms with Gasteiger partial charge in [-0.15, -0.1) is 0 Å².